The van der Waals surface area contributed by atoms with Gasteiger partial charge in [0.25, 0.3) is 0 Å². The van der Waals surface area contributed by atoms with Gasteiger partial charge in [-0.15, -0.1) is 0 Å². The van der Waals surface area contributed by atoms with Gasteiger partial charge in [-0.2, -0.15) is 0 Å². The summed E-state index contributed by atoms with van der Waals surface area (Å²) in [7, 11) is 0. The van der Waals surface area contributed by atoms with E-state index >= 15 is 0 Å². The van der Waals surface area contributed by atoms with E-state index in [9.17, 15) is 4.79 Å². The van der Waals surface area contributed by atoms with Gasteiger partial charge in [0.2, 0.25) is 0 Å². The number of hydrogen-bond acceptors (Lipinski definition) is 3. The Kier molecular flexibility index (Phi) is 3.42. The zero-order valence-corrected chi connectivity index (χ0v) is 5.66. The lowest BCUT2D eigenvalue weighted by Crippen LogP contribution is -2.25. The summed E-state index contributed by atoms with van der Waals surface area (Å²) in [6.45, 7) is 2.63. The van der Waals surface area contributed by atoms with Gasteiger partial charge in [-0.1, -0.05) is 6.92 Å². The van der Waals surface area contributed by atoms with E-state index < -0.39 is 18.6 Å². The SMILES string of the molecule is CC(O)C(C)C(=O)CO. The van der Waals surface area contributed by atoms with Crippen LogP contribution in [0.15, 0.2) is 0 Å². The third kappa shape index (κ3) is 2.58. The van der Waals surface area contributed by atoms with Crippen molar-refractivity contribution in [1.29, 1.82) is 0 Å². The first-order valence-corrected chi connectivity index (χ1v) is 2.91. The second-order valence-electron chi connectivity index (χ2n) is 2.15. The number of rotatable bonds is 3. The van der Waals surface area contributed by atoms with Crippen LogP contribution in [0.3, 0.4) is 0 Å². The number of aliphatic hydroxyl groups excluding tert-OH is 2. The molecule has 0 saturated heterocycles. The predicted molar refractivity (Wildman–Crippen MR) is 32.9 cm³/mol. The molecule has 0 radical (unpaired) electrons. The number of ketones is 1. The van der Waals surface area contributed by atoms with E-state index in [0.717, 1.165) is 0 Å². The predicted octanol–water partition coefficient (Wildman–Crippen LogP) is -0.435. The molecular weight excluding hydrogens is 120 g/mol. The van der Waals surface area contributed by atoms with Gasteiger partial charge in [0.05, 0.1) is 6.10 Å². The van der Waals surface area contributed by atoms with E-state index in [1.807, 2.05) is 0 Å². The normalized spacial score (nSPS) is 16.9. The molecule has 0 spiro atoms. The summed E-state index contributed by atoms with van der Waals surface area (Å²) in [6, 6.07) is 0. The minimum atomic E-state index is -0.662. The highest BCUT2D eigenvalue weighted by molar-refractivity contribution is 5.82. The van der Waals surface area contributed by atoms with Crippen molar-refractivity contribution in [2.45, 2.75) is 20.0 Å². The van der Waals surface area contributed by atoms with Crippen molar-refractivity contribution >= 4 is 5.78 Å². The zero-order chi connectivity index (χ0) is 7.44. The van der Waals surface area contributed by atoms with Crippen LogP contribution >= 0.6 is 0 Å². The Bertz CT molecular complexity index is 98.5. The maximum absolute atomic E-state index is 10.5. The average Bonchev–Trinajstić information content (AvgIpc) is 1.84. The van der Waals surface area contributed by atoms with Crippen molar-refractivity contribution in [3.8, 4) is 0 Å². The van der Waals surface area contributed by atoms with Crippen molar-refractivity contribution in [3.05, 3.63) is 0 Å². The van der Waals surface area contributed by atoms with E-state index in [-0.39, 0.29) is 5.78 Å². The second kappa shape index (κ2) is 3.58. The fourth-order valence-corrected chi connectivity index (χ4v) is 0.413. The van der Waals surface area contributed by atoms with Crippen molar-refractivity contribution in [1.82, 2.24) is 0 Å². The molecule has 0 aromatic heterocycles. The molecule has 3 heteroatoms. The first kappa shape index (κ1) is 8.59. The van der Waals surface area contributed by atoms with Crippen molar-refractivity contribution in [3.63, 3.8) is 0 Å². The Labute approximate surface area is 54.3 Å². The van der Waals surface area contributed by atoms with E-state index in [2.05, 4.69) is 0 Å². The van der Waals surface area contributed by atoms with Crippen LogP contribution in [-0.4, -0.2) is 28.7 Å². The molecule has 0 saturated carbocycles. The van der Waals surface area contributed by atoms with Crippen molar-refractivity contribution in [2.75, 3.05) is 6.61 Å². The highest BCUT2D eigenvalue weighted by atomic mass is 16.3. The number of carbonyl (C=O) groups is 1. The van der Waals surface area contributed by atoms with Gasteiger partial charge in [-0.05, 0) is 6.92 Å². The second-order valence-corrected chi connectivity index (χ2v) is 2.15. The van der Waals surface area contributed by atoms with Crippen LogP contribution in [-0.2, 0) is 4.79 Å². The largest absolute Gasteiger partial charge is 0.393 e. The van der Waals surface area contributed by atoms with Gasteiger partial charge in [-0.25, -0.2) is 0 Å². The molecule has 0 amide bonds. The van der Waals surface area contributed by atoms with Crippen LogP contribution in [0.1, 0.15) is 13.8 Å². The Hall–Kier alpha value is -0.410. The van der Waals surface area contributed by atoms with Gasteiger partial charge < -0.3 is 10.2 Å². The van der Waals surface area contributed by atoms with E-state index in [1.54, 1.807) is 6.92 Å². The summed E-state index contributed by atoms with van der Waals surface area (Å²) in [5, 5.41) is 17.1. The van der Waals surface area contributed by atoms with E-state index in [0.29, 0.717) is 0 Å². The van der Waals surface area contributed by atoms with Crippen molar-refractivity contribution in [2.24, 2.45) is 5.92 Å². The van der Waals surface area contributed by atoms with Gasteiger partial charge in [0.1, 0.15) is 6.61 Å². The molecule has 2 N–H and O–H groups in total. The molecule has 9 heavy (non-hydrogen) atoms. The Morgan fingerprint density at radius 3 is 2.11 bits per heavy atom. The lowest BCUT2D eigenvalue weighted by atomic mass is 10.0. The van der Waals surface area contributed by atoms with Crippen LogP contribution in [0.4, 0.5) is 0 Å². The third-order valence-electron chi connectivity index (χ3n) is 1.39. The van der Waals surface area contributed by atoms with E-state index in [4.69, 9.17) is 10.2 Å². The quantitative estimate of drug-likeness (QED) is 0.547. The molecule has 2 atom stereocenters. The molecule has 0 aromatic rings. The number of aliphatic hydroxyl groups is 2. The molecule has 0 aliphatic heterocycles. The lowest BCUT2D eigenvalue weighted by molar-refractivity contribution is -0.128. The summed E-state index contributed by atoms with van der Waals surface area (Å²) in [5.41, 5.74) is 0. The standard InChI is InChI=1S/C6H12O3/c1-4(5(2)8)6(9)3-7/h4-5,7-8H,3H2,1-2H3. The van der Waals surface area contributed by atoms with Crippen LogP contribution in [0, 0.1) is 5.92 Å². The van der Waals surface area contributed by atoms with Crippen LogP contribution in [0.5, 0.6) is 0 Å². The lowest BCUT2D eigenvalue weighted by Gasteiger charge is -2.10. The fourth-order valence-electron chi connectivity index (χ4n) is 0.413. The maximum atomic E-state index is 10.5. The molecular formula is C6H12O3. The monoisotopic (exact) mass is 132 g/mol. The van der Waals surface area contributed by atoms with Gasteiger partial charge in [0.15, 0.2) is 5.78 Å². The summed E-state index contributed by atoms with van der Waals surface area (Å²) >= 11 is 0. The molecule has 0 bridgehead atoms. The Morgan fingerprint density at radius 2 is 2.00 bits per heavy atom. The molecule has 0 heterocycles. The highest BCUT2D eigenvalue weighted by Crippen LogP contribution is 2.01. The van der Waals surface area contributed by atoms with E-state index in [1.165, 1.54) is 6.92 Å². The first-order valence-electron chi connectivity index (χ1n) is 2.91. The number of hydrogen-bond donors (Lipinski definition) is 2. The molecule has 54 valence electrons. The summed E-state index contributed by atoms with van der Waals surface area (Å²) < 4.78 is 0. The topological polar surface area (TPSA) is 57.5 Å². The average molecular weight is 132 g/mol. The Morgan fingerprint density at radius 1 is 1.56 bits per heavy atom. The summed E-state index contributed by atoms with van der Waals surface area (Å²) in [4.78, 5) is 10.5. The van der Waals surface area contributed by atoms with Crippen LogP contribution in [0.2, 0.25) is 0 Å². The van der Waals surface area contributed by atoms with Gasteiger partial charge >= 0.3 is 0 Å². The zero-order valence-electron chi connectivity index (χ0n) is 5.66. The summed E-state index contributed by atoms with van der Waals surface area (Å²) in [5.74, 6) is -0.764. The van der Waals surface area contributed by atoms with Crippen molar-refractivity contribution < 1.29 is 15.0 Å². The molecule has 2 unspecified atom stereocenters. The number of carbonyl (C=O) groups excluding carboxylic acids is 1. The fraction of sp³-hybridized carbons (Fsp3) is 0.833. The van der Waals surface area contributed by atoms with Crippen LogP contribution < -0.4 is 0 Å². The molecule has 3 nitrogen and oxygen atoms in total. The third-order valence-corrected chi connectivity index (χ3v) is 1.39. The Balaban J connectivity index is 3.72. The highest BCUT2D eigenvalue weighted by Gasteiger charge is 2.15. The minimum absolute atomic E-state index is 0.315. The minimum Gasteiger partial charge on any atom is -0.393 e. The molecule has 0 rings (SSSR count). The summed E-state index contributed by atoms with van der Waals surface area (Å²) in [6.07, 6.45) is -0.662. The molecule has 0 fully saturated rings. The molecule has 0 aliphatic rings. The number of Topliss-reactive ketones (excluding diaryl/α,β-unsaturated/α-hetero) is 1. The van der Waals surface area contributed by atoms with Gasteiger partial charge in [0, 0.05) is 5.92 Å². The molecule has 0 aliphatic carbocycles. The maximum Gasteiger partial charge on any atom is 0.163 e. The van der Waals surface area contributed by atoms with Crippen LogP contribution in [0.25, 0.3) is 0 Å². The van der Waals surface area contributed by atoms with Gasteiger partial charge in [-0.3, -0.25) is 4.79 Å². The smallest absolute Gasteiger partial charge is 0.163 e. The molecule has 0 aromatic carbocycles. The first-order chi connectivity index (χ1) is 4.09.